The second-order valence-electron chi connectivity index (χ2n) is 5.01. The molecular formula is C15H14N4O2S. The third-order valence-electron chi connectivity index (χ3n) is 3.15. The van der Waals surface area contributed by atoms with Gasteiger partial charge in [-0.3, -0.25) is 14.9 Å². The smallest absolute Gasteiger partial charge is 0.273 e. The molecule has 7 heteroatoms. The summed E-state index contributed by atoms with van der Waals surface area (Å²) in [5.41, 5.74) is 8.17. The van der Waals surface area contributed by atoms with Crippen LogP contribution >= 0.6 is 11.3 Å². The number of nitrogens with one attached hydrogen (secondary N) is 2. The van der Waals surface area contributed by atoms with Crippen molar-refractivity contribution >= 4 is 39.2 Å². The maximum Gasteiger partial charge on any atom is 0.273 e. The van der Waals surface area contributed by atoms with Crippen molar-refractivity contribution in [2.75, 3.05) is 5.32 Å². The van der Waals surface area contributed by atoms with Gasteiger partial charge in [-0.15, -0.1) is 11.3 Å². The van der Waals surface area contributed by atoms with Crippen molar-refractivity contribution in [3.05, 3.63) is 46.6 Å². The molecule has 0 aliphatic heterocycles. The number of fused-ring (bicyclic) bond motifs is 1. The van der Waals surface area contributed by atoms with Crippen LogP contribution in [0.3, 0.4) is 0 Å². The van der Waals surface area contributed by atoms with Gasteiger partial charge < -0.3 is 10.7 Å². The van der Waals surface area contributed by atoms with Crippen molar-refractivity contribution in [2.24, 2.45) is 5.73 Å². The highest BCUT2D eigenvalue weighted by atomic mass is 32.1. The molecule has 0 unspecified atom stereocenters. The fourth-order valence-corrected chi connectivity index (χ4v) is 2.86. The third-order valence-corrected chi connectivity index (χ3v) is 3.96. The lowest BCUT2D eigenvalue weighted by molar-refractivity contribution is -0.117. The van der Waals surface area contributed by atoms with Gasteiger partial charge in [0.05, 0.1) is 12.1 Å². The molecule has 0 saturated heterocycles. The number of hydrogen-bond acceptors (Lipinski definition) is 4. The SMILES string of the molecule is Cc1ccc2cc(C(=O)Nc3nc(CC(N)=O)cs3)[nH]c2c1. The molecule has 3 aromatic rings. The van der Waals surface area contributed by atoms with Crippen molar-refractivity contribution in [3.63, 3.8) is 0 Å². The molecular weight excluding hydrogens is 300 g/mol. The molecule has 6 nitrogen and oxygen atoms in total. The normalized spacial score (nSPS) is 10.8. The average molecular weight is 314 g/mol. The first-order chi connectivity index (χ1) is 10.5. The molecule has 0 saturated carbocycles. The Morgan fingerprint density at radius 1 is 1.36 bits per heavy atom. The molecule has 22 heavy (non-hydrogen) atoms. The van der Waals surface area contributed by atoms with Gasteiger partial charge in [-0.2, -0.15) is 0 Å². The summed E-state index contributed by atoms with van der Waals surface area (Å²) in [5.74, 6) is -0.719. The van der Waals surface area contributed by atoms with E-state index in [0.717, 1.165) is 16.5 Å². The van der Waals surface area contributed by atoms with Gasteiger partial charge in [0.2, 0.25) is 5.91 Å². The number of rotatable bonds is 4. The molecule has 2 amide bonds. The number of hydrogen-bond donors (Lipinski definition) is 3. The van der Waals surface area contributed by atoms with E-state index in [2.05, 4.69) is 15.3 Å². The highest BCUT2D eigenvalue weighted by Gasteiger charge is 2.12. The minimum absolute atomic E-state index is 0.0675. The van der Waals surface area contributed by atoms with Crippen molar-refractivity contribution in [1.29, 1.82) is 0 Å². The van der Waals surface area contributed by atoms with Crippen LogP contribution in [0.5, 0.6) is 0 Å². The number of thiazole rings is 1. The molecule has 0 bridgehead atoms. The lowest BCUT2D eigenvalue weighted by Gasteiger charge is -1.98. The number of anilines is 1. The molecule has 112 valence electrons. The topological polar surface area (TPSA) is 101 Å². The summed E-state index contributed by atoms with van der Waals surface area (Å²) in [6, 6.07) is 7.74. The molecule has 0 aliphatic carbocycles. The number of nitrogens with zero attached hydrogens (tertiary/aromatic N) is 1. The Kier molecular flexibility index (Phi) is 3.64. The van der Waals surface area contributed by atoms with Gasteiger partial charge in [-0.1, -0.05) is 12.1 Å². The molecule has 4 N–H and O–H groups in total. The van der Waals surface area contributed by atoms with Crippen LogP contribution in [-0.4, -0.2) is 21.8 Å². The van der Waals surface area contributed by atoms with Crippen LogP contribution in [0.15, 0.2) is 29.6 Å². The van der Waals surface area contributed by atoms with Gasteiger partial charge in [0.15, 0.2) is 5.13 Å². The highest BCUT2D eigenvalue weighted by molar-refractivity contribution is 7.14. The number of carbonyl (C=O) groups excluding carboxylic acids is 2. The molecule has 0 aliphatic rings. The van der Waals surface area contributed by atoms with Crippen LogP contribution in [0.4, 0.5) is 5.13 Å². The van der Waals surface area contributed by atoms with Gasteiger partial charge in [-0.05, 0) is 24.6 Å². The zero-order chi connectivity index (χ0) is 15.7. The molecule has 0 fully saturated rings. The summed E-state index contributed by atoms with van der Waals surface area (Å²) < 4.78 is 0. The van der Waals surface area contributed by atoms with E-state index in [1.807, 2.05) is 25.1 Å². The highest BCUT2D eigenvalue weighted by Crippen LogP contribution is 2.20. The van der Waals surface area contributed by atoms with E-state index in [0.29, 0.717) is 16.5 Å². The molecule has 2 heterocycles. The van der Waals surface area contributed by atoms with Crippen LogP contribution in [0, 0.1) is 6.92 Å². The summed E-state index contributed by atoms with van der Waals surface area (Å²) in [5, 5.41) is 5.83. The van der Waals surface area contributed by atoms with Crippen LogP contribution in [0.25, 0.3) is 10.9 Å². The molecule has 2 aromatic heterocycles. The predicted molar refractivity (Wildman–Crippen MR) is 86.0 cm³/mol. The molecule has 0 spiro atoms. The van der Waals surface area contributed by atoms with Crippen LogP contribution < -0.4 is 11.1 Å². The quantitative estimate of drug-likeness (QED) is 0.688. The summed E-state index contributed by atoms with van der Waals surface area (Å²) in [6.45, 7) is 2.00. The van der Waals surface area contributed by atoms with Crippen molar-refractivity contribution in [2.45, 2.75) is 13.3 Å². The minimum atomic E-state index is -0.450. The maximum atomic E-state index is 12.2. The molecule has 3 rings (SSSR count). The summed E-state index contributed by atoms with van der Waals surface area (Å²) in [7, 11) is 0. The number of aromatic amines is 1. The van der Waals surface area contributed by atoms with Gasteiger partial charge in [-0.25, -0.2) is 4.98 Å². The monoisotopic (exact) mass is 314 g/mol. The summed E-state index contributed by atoms with van der Waals surface area (Å²) in [4.78, 5) is 30.3. The van der Waals surface area contributed by atoms with Crippen LogP contribution in [0.2, 0.25) is 0 Å². The fraction of sp³-hybridized carbons (Fsp3) is 0.133. The lowest BCUT2D eigenvalue weighted by atomic mass is 10.2. The number of benzene rings is 1. The first-order valence-corrected chi connectivity index (χ1v) is 7.52. The van der Waals surface area contributed by atoms with Crippen LogP contribution in [-0.2, 0) is 11.2 Å². The maximum absolute atomic E-state index is 12.2. The van der Waals surface area contributed by atoms with E-state index >= 15 is 0 Å². The van der Waals surface area contributed by atoms with Crippen LogP contribution in [0.1, 0.15) is 21.7 Å². The first-order valence-electron chi connectivity index (χ1n) is 6.65. The summed E-state index contributed by atoms with van der Waals surface area (Å²) >= 11 is 1.26. The molecule has 1 aromatic carbocycles. The number of nitrogens with two attached hydrogens (primary N) is 1. The fourth-order valence-electron chi connectivity index (χ4n) is 2.15. The second-order valence-corrected chi connectivity index (χ2v) is 5.87. The molecule has 0 atom stereocenters. The largest absolute Gasteiger partial charge is 0.369 e. The lowest BCUT2D eigenvalue weighted by Crippen LogP contribution is -2.14. The number of H-pyrrole nitrogens is 1. The van der Waals surface area contributed by atoms with E-state index < -0.39 is 5.91 Å². The van der Waals surface area contributed by atoms with Crippen molar-refractivity contribution in [3.8, 4) is 0 Å². The zero-order valence-electron chi connectivity index (χ0n) is 11.8. The number of aryl methyl sites for hydroxylation is 1. The van der Waals surface area contributed by atoms with E-state index in [9.17, 15) is 9.59 Å². The number of carbonyl (C=O) groups is 2. The van der Waals surface area contributed by atoms with Crippen molar-refractivity contribution < 1.29 is 9.59 Å². The predicted octanol–water partition coefficient (Wildman–Crippen LogP) is 2.21. The van der Waals surface area contributed by atoms with E-state index in [1.165, 1.54) is 11.3 Å². The number of amides is 2. The summed E-state index contributed by atoms with van der Waals surface area (Å²) in [6.07, 6.45) is 0.0675. The van der Waals surface area contributed by atoms with E-state index in [1.54, 1.807) is 11.4 Å². The first kappa shape index (κ1) is 14.3. The Morgan fingerprint density at radius 3 is 2.95 bits per heavy atom. The standard InChI is InChI=1S/C15H14N4O2S/c1-8-2-3-9-5-12(18-11(9)4-8)14(21)19-15-17-10(7-22-15)6-13(16)20/h2-5,7,18H,6H2,1H3,(H2,16,20)(H,17,19,21). The Balaban J connectivity index is 1.77. The Labute approximate surface area is 130 Å². The Bertz CT molecular complexity index is 865. The second kappa shape index (κ2) is 5.61. The van der Waals surface area contributed by atoms with Gasteiger partial charge in [0.1, 0.15) is 5.69 Å². The van der Waals surface area contributed by atoms with E-state index in [-0.39, 0.29) is 12.3 Å². The molecule has 0 radical (unpaired) electrons. The van der Waals surface area contributed by atoms with Gasteiger partial charge in [0, 0.05) is 16.3 Å². The van der Waals surface area contributed by atoms with Crippen molar-refractivity contribution in [1.82, 2.24) is 9.97 Å². The van der Waals surface area contributed by atoms with Gasteiger partial charge in [0.25, 0.3) is 5.91 Å². The van der Waals surface area contributed by atoms with Gasteiger partial charge >= 0.3 is 0 Å². The zero-order valence-corrected chi connectivity index (χ0v) is 12.7. The average Bonchev–Trinajstić information content (AvgIpc) is 3.04. The Morgan fingerprint density at radius 2 is 2.18 bits per heavy atom. The van der Waals surface area contributed by atoms with E-state index in [4.69, 9.17) is 5.73 Å². The number of aromatic nitrogens is 2. The minimum Gasteiger partial charge on any atom is -0.369 e. The number of primary amides is 1. The Hall–Kier alpha value is -2.67. The third kappa shape index (κ3) is 2.99.